The third-order valence-electron chi connectivity index (χ3n) is 3.63. The number of anilines is 1. The number of nitrogens with one attached hydrogen (secondary N) is 1. The van der Waals surface area contributed by atoms with Gasteiger partial charge in [-0.25, -0.2) is 4.98 Å². The first kappa shape index (κ1) is 11.1. The van der Waals surface area contributed by atoms with Gasteiger partial charge in [0.25, 0.3) is 0 Å². The predicted molar refractivity (Wildman–Crippen MR) is 73.6 cm³/mol. The minimum absolute atomic E-state index is 0.634. The van der Waals surface area contributed by atoms with Crippen molar-refractivity contribution < 1.29 is 0 Å². The minimum atomic E-state index is 0.634. The summed E-state index contributed by atoms with van der Waals surface area (Å²) in [5.41, 5.74) is 2.27. The normalized spacial score (nSPS) is 16.8. The van der Waals surface area contributed by atoms with Gasteiger partial charge in [-0.05, 0) is 40.9 Å². The summed E-state index contributed by atoms with van der Waals surface area (Å²) < 4.78 is 3.18. The standard InChI is InChI=1S/C13H16BrN3/c1-15-10-6-7-17-11(8-10)12(14)16-13(17)9-4-2-3-5-9/h6-9,15H,2-5H2,1H3. The Balaban J connectivity index is 2.13. The molecule has 1 N–H and O–H groups in total. The molecule has 90 valence electrons. The van der Waals surface area contributed by atoms with Crippen molar-refractivity contribution in [2.75, 3.05) is 12.4 Å². The van der Waals surface area contributed by atoms with Crippen LogP contribution < -0.4 is 5.32 Å². The van der Waals surface area contributed by atoms with E-state index in [0.717, 1.165) is 15.8 Å². The van der Waals surface area contributed by atoms with E-state index < -0.39 is 0 Å². The second-order valence-corrected chi connectivity index (χ2v) is 5.41. The molecule has 1 aliphatic carbocycles. The van der Waals surface area contributed by atoms with Crippen LogP contribution in [0.25, 0.3) is 5.52 Å². The third kappa shape index (κ3) is 1.84. The Morgan fingerprint density at radius 1 is 1.41 bits per heavy atom. The van der Waals surface area contributed by atoms with Gasteiger partial charge >= 0.3 is 0 Å². The Morgan fingerprint density at radius 3 is 2.88 bits per heavy atom. The van der Waals surface area contributed by atoms with E-state index >= 15 is 0 Å². The van der Waals surface area contributed by atoms with Crippen LogP contribution in [0.1, 0.15) is 37.4 Å². The molecular formula is C13H16BrN3. The van der Waals surface area contributed by atoms with Gasteiger partial charge in [-0.15, -0.1) is 0 Å². The molecule has 0 radical (unpaired) electrons. The second-order valence-electron chi connectivity index (χ2n) is 4.66. The summed E-state index contributed by atoms with van der Waals surface area (Å²) in [5, 5.41) is 3.16. The Morgan fingerprint density at radius 2 is 2.18 bits per heavy atom. The average Bonchev–Trinajstić information content (AvgIpc) is 2.97. The van der Waals surface area contributed by atoms with Crippen molar-refractivity contribution in [2.45, 2.75) is 31.6 Å². The molecule has 0 atom stereocenters. The predicted octanol–water partition coefficient (Wildman–Crippen LogP) is 3.80. The smallest absolute Gasteiger partial charge is 0.132 e. The molecule has 2 aromatic heterocycles. The van der Waals surface area contributed by atoms with Crippen molar-refractivity contribution in [1.82, 2.24) is 9.38 Å². The number of rotatable bonds is 2. The number of pyridine rings is 1. The summed E-state index contributed by atoms with van der Waals surface area (Å²) in [6.07, 6.45) is 7.35. The van der Waals surface area contributed by atoms with Crippen molar-refractivity contribution >= 4 is 27.1 Å². The molecule has 0 bridgehead atoms. The number of hydrogen-bond acceptors (Lipinski definition) is 2. The van der Waals surface area contributed by atoms with E-state index in [1.54, 1.807) is 0 Å². The molecule has 0 saturated heterocycles. The molecule has 0 aromatic carbocycles. The van der Waals surface area contributed by atoms with Gasteiger partial charge in [-0.1, -0.05) is 12.8 Å². The van der Waals surface area contributed by atoms with Gasteiger partial charge in [0.2, 0.25) is 0 Å². The van der Waals surface area contributed by atoms with E-state index in [0.29, 0.717) is 5.92 Å². The van der Waals surface area contributed by atoms with Crippen LogP contribution in [-0.2, 0) is 0 Å². The lowest BCUT2D eigenvalue weighted by Crippen LogP contribution is -2.00. The summed E-state index contributed by atoms with van der Waals surface area (Å²) in [6, 6.07) is 4.23. The van der Waals surface area contributed by atoms with Crippen molar-refractivity contribution in [1.29, 1.82) is 0 Å². The molecule has 0 amide bonds. The van der Waals surface area contributed by atoms with Crippen molar-refractivity contribution in [2.24, 2.45) is 0 Å². The quantitative estimate of drug-likeness (QED) is 0.913. The number of hydrogen-bond donors (Lipinski definition) is 1. The highest BCUT2D eigenvalue weighted by Gasteiger charge is 2.22. The van der Waals surface area contributed by atoms with E-state index in [9.17, 15) is 0 Å². The first-order chi connectivity index (χ1) is 8.29. The highest BCUT2D eigenvalue weighted by molar-refractivity contribution is 9.10. The van der Waals surface area contributed by atoms with Crippen LogP contribution >= 0.6 is 15.9 Å². The minimum Gasteiger partial charge on any atom is -0.388 e. The van der Waals surface area contributed by atoms with Gasteiger partial charge in [0.05, 0.1) is 5.52 Å². The molecule has 0 unspecified atom stereocenters. The molecule has 1 fully saturated rings. The van der Waals surface area contributed by atoms with E-state index in [2.05, 4.69) is 44.0 Å². The largest absolute Gasteiger partial charge is 0.388 e. The molecule has 3 nitrogen and oxygen atoms in total. The summed E-state index contributed by atoms with van der Waals surface area (Å²) in [6.45, 7) is 0. The zero-order chi connectivity index (χ0) is 11.8. The highest BCUT2D eigenvalue weighted by atomic mass is 79.9. The van der Waals surface area contributed by atoms with Gasteiger partial charge in [0.15, 0.2) is 0 Å². The Labute approximate surface area is 109 Å². The van der Waals surface area contributed by atoms with Crippen LogP contribution in [0, 0.1) is 0 Å². The molecule has 17 heavy (non-hydrogen) atoms. The fourth-order valence-electron chi connectivity index (χ4n) is 2.70. The Kier molecular flexibility index (Phi) is 2.82. The molecule has 2 aromatic rings. The molecule has 1 saturated carbocycles. The van der Waals surface area contributed by atoms with E-state index in [1.165, 1.54) is 31.5 Å². The fraction of sp³-hybridized carbons (Fsp3) is 0.462. The maximum atomic E-state index is 4.70. The van der Waals surface area contributed by atoms with Crippen molar-refractivity contribution in [3.05, 3.63) is 28.8 Å². The second kappa shape index (κ2) is 4.33. The van der Waals surface area contributed by atoms with Crippen LogP contribution in [0.2, 0.25) is 0 Å². The number of aromatic nitrogens is 2. The van der Waals surface area contributed by atoms with Gasteiger partial charge in [-0.3, -0.25) is 0 Å². The van der Waals surface area contributed by atoms with Gasteiger partial charge in [0, 0.05) is 24.8 Å². The Bertz CT molecular complexity index is 541. The van der Waals surface area contributed by atoms with Crippen molar-refractivity contribution in [3.8, 4) is 0 Å². The lowest BCUT2D eigenvalue weighted by molar-refractivity contribution is 0.664. The molecule has 4 heteroatoms. The Hall–Kier alpha value is -1.03. The lowest BCUT2D eigenvalue weighted by Gasteiger charge is -2.08. The summed E-state index contributed by atoms with van der Waals surface area (Å²) >= 11 is 3.57. The number of fused-ring (bicyclic) bond motifs is 1. The first-order valence-electron chi connectivity index (χ1n) is 6.15. The maximum absolute atomic E-state index is 4.70. The topological polar surface area (TPSA) is 29.3 Å². The first-order valence-corrected chi connectivity index (χ1v) is 6.94. The van der Waals surface area contributed by atoms with E-state index in [4.69, 9.17) is 4.98 Å². The highest BCUT2D eigenvalue weighted by Crippen LogP contribution is 2.35. The van der Waals surface area contributed by atoms with Gasteiger partial charge < -0.3 is 9.72 Å². The van der Waals surface area contributed by atoms with Crippen LogP contribution in [0.3, 0.4) is 0 Å². The zero-order valence-corrected chi connectivity index (χ0v) is 11.5. The third-order valence-corrected chi connectivity index (χ3v) is 4.22. The monoisotopic (exact) mass is 293 g/mol. The molecule has 3 rings (SSSR count). The fourth-order valence-corrected chi connectivity index (χ4v) is 3.19. The lowest BCUT2D eigenvalue weighted by atomic mass is 10.1. The van der Waals surface area contributed by atoms with Crippen LogP contribution in [0.5, 0.6) is 0 Å². The molecule has 1 aliphatic rings. The van der Waals surface area contributed by atoms with Crippen LogP contribution in [0.15, 0.2) is 22.9 Å². The molecule has 0 spiro atoms. The summed E-state index contributed by atoms with van der Waals surface area (Å²) in [5.74, 6) is 1.85. The molecular weight excluding hydrogens is 278 g/mol. The summed E-state index contributed by atoms with van der Waals surface area (Å²) in [7, 11) is 1.94. The SMILES string of the molecule is CNc1ccn2c(C3CCCC3)nc(Br)c2c1. The van der Waals surface area contributed by atoms with Gasteiger partial charge in [-0.2, -0.15) is 0 Å². The van der Waals surface area contributed by atoms with Gasteiger partial charge in [0.1, 0.15) is 10.4 Å². The average molecular weight is 294 g/mol. The zero-order valence-electron chi connectivity index (χ0n) is 9.91. The maximum Gasteiger partial charge on any atom is 0.132 e. The van der Waals surface area contributed by atoms with E-state index in [1.807, 2.05) is 7.05 Å². The number of nitrogens with zero attached hydrogens (tertiary/aromatic N) is 2. The molecule has 2 heterocycles. The van der Waals surface area contributed by atoms with Crippen LogP contribution in [0.4, 0.5) is 5.69 Å². The van der Waals surface area contributed by atoms with E-state index in [-0.39, 0.29) is 0 Å². The summed E-state index contributed by atoms with van der Waals surface area (Å²) in [4.78, 5) is 4.70. The number of imidazole rings is 1. The number of halogens is 1. The molecule has 0 aliphatic heterocycles. The van der Waals surface area contributed by atoms with Crippen LogP contribution in [-0.4, -0.2) is 16.4 Å². The van der Waals surface area contributed by atoms with Crippen molar-refractivity contribution in [3.63, 3.8) is 0 Å².